The summed E-state index contributed by atoms with van der Waals surface area (Å²) in [6, 6.07) is 10.5. The van der Waals surface area contributed by atoms with Gasteiger partial charge in [-0.2, -0.15) is 0 Å². The molecule has 1 fully saturated rings. The standard InChI is InChI=1S/C15H23N3OS.ClH/c1-12(17-15(19)14-10-20-11-16-14)8-18(2)9-13-6-4-3-5-7-13;/h3-7,12,14,16H,8-11H2,1-2H3,(H,17,19);1H. The average Bonchev–Trinajstić information content (AvgIpc) is 2.93. The maximum atomic E-state index is 12.0. The van der Waals surface area contributed by atoms with Gasteiger partial charge in [0.25, 0.3) is 0 Å². The third-order valence-electron chi connectivity index (χ3n) is 3.30. The Morgan fingerprint density at radius 2 is 2.19 bits per heavy atom. The number of likely N-dealkylation sites (N-methyl/N-ethyl adjacent to an activating group) is 1. The quantitative estimate of drug-likeness (QED) is 0.834. The van der Waals surface area contributed by atoms with Crippen molar-refractivity contribution in [3.05, 3.63) is 35.9 Å². The second-order valence-corrected chi connectivity index (χ2v) is 6.39. The second kappa shape index (κ2) is 9.30. The van der Waals surface area contributed by atoms with Gasteiger partial charge >= 0.3 is 0 Å². The number of carbonyl (C=O) groups is 1. The van der Waals surface area contributed by atoms with E-state index < -0.39 is 0 Å². The Kier molecular flexibility index (Phi) is 8.11. The Hall–Kier alpha value is -0.750. The first-order valence-corrected chi connectivity index (χ1v) is 8.14. The van der Waals surface area contributed by atoms with Crippen molar-refractivity contribution in [1.29, 1.82) is 0 Å². The van der Waals surface area contributed by atoms with E-state index >= 15 is 0 Å². The van der Waals surface area contributed by atoms with Crippen molar-refractivity contribution in [2.45, 2.75) is 25.6 Å². The van der Waals surface area contributed by atoms with Crippen LogP contribution in [0.15, 0.2) is 30.3 Å². The molecule has 1 aliphatic rings. The van der Waals surface area contributed by atoms with Gasteiger partial charge < -0.3 is 10.2 Å². The smallest absolute Gasteiger partial charge is 0.238 e. The van der Waals surface area contributed by atoms with Crippen LogP contribution in [0.1, 0.15) is 12.5 Å². The SMILES string of the molecule is CC(CN(C)Cc1ccccc1)NC(=O)C1CSCN1.Cl. The molecule has 1 aliphatic heterocycles. The Morgan fingerprint density at radius 1 is 1.48 bits per heavy atom. The van der Waals surface area contributed by atoms with Gasteiger partial charge in [0.15, 0.2) is 0 Å². The summed E-state index contributed by atoms with van der Waals surface area (Å²) in [6.07, 6.45) is 0. The summed E-state index contributed by atoms with van der Waals surface area (Å²) in [5.74, 6) is 1.87. The predicted molar refractivity (Wildman–Crippen MR) is 91.9 cm³/mol. The Morgan fingerprint density at radius 3 is 2.81 bits per heavy atom. The van der Waals surface area contributed by atoms with Gasteiger partial charge in [-0.15, -0.1) is 24.2 Å². The van der Waals surface area contributed by atoms with Gasteiger partial charge in [0.1, 0.15) is 0 Å². The van der Waals surface area contributed by atoms with Crippen molar-refractivity contribution >= 4 is 30.1 Å². The van der Waals surface area contributed by atoms with E-state index in [1.165, 1.54) is 5.56 Å². The first-order chi connectivity index (χ1) is 9.65. The lowest BCUT2D eigenvalue weighted by molar-refractivity contribution is -0.123. The van der Waals surface area contributed by atoms with Crippen LogP contribution >= 0.6 is 24.2 Å². The van der Waals surface area contributed by atoms with E-state index in [0.717, 1.165) is 24.7 Å². The molecule has 0 aliphatic carbocycles. The molecule has 0 bridgehead atoms. The Bertz CT molecular complexity index is 426. The first-order valence-electron chi connectivity index (χ1n) is 6.99. The molecule has 6 heteroatoms. The average molecular weight is 330 g/mol. The van der Waals surface area contributed by atoms with Crippen molar-refractivity contribution in [3.8, 4) is 0 Å². The summed E-state index contributed by atoms with van der Waals surface area (Å²) in [5, 5.41) is 6.27. The minimum atomic E-state index is -0.0260. The van der Waals surface area contributed by atoms with E-state index in [9.17, 15) is 4.79 Å². The molecule has 21 heavy (non-hydrogen) atoms. The van der Waals surface area contributed by atoms with Crippen LogP contribution in [0.5, 0.6) is 0 Å². The molecule has 0 radical (unpaired) electrons. The predicted octanol–water partition coefficient (Wildman–Crippen LogP) is 1.71. The summed E-state index contributed by atoms with van der Waals surface area (Å²) < 4.78 is 0. The lowest BCUT2D eigenvalue weighted by atomic mass is 10.2. The van der Waals surface area contributed by atoms with Gasteiger partial charge in [-0.3, -0.25) is 10.1 Å². The van der Waals surface area contributed by atoms with Gasteiger partial charge in [0, 0.05) is 30.8 Å². The highest BCUT2D eigenvalue weighted by molar-refractivity contribution is 7.99. The monoisotopic (exact) mass is 329 g/mol. The van der Waals surface area contributed by atoms with Crippen LogP contribution in [-0.2, 0) is 11.3 Å². The zero-order valence-corrected chi connectivity index (χ0v) is 14.2. The maximum Gasteiger partial charge on any atom is 0.238 e. The molecule has 0 spiro atoms. The molecule has 2 N–H and O–H groups in total. The molecular weight excluding hydrogens is 306 g/mol. The number of rotatable bonds is 6. The minimum absolute atomic E-state index is 0. The largest absolute Gasteiger partial charge is 0.351 e. The number of carbonyl (C=O) groups excluding carboxylic acids is 1. The topological polar surface area (TPSA) is 44.4 Å². The van der Waals surface area contributed by atoms with Crippen LogP contribution in [0.4, 0.5) is 0 Å². The fourth-order valence-corrected chi connectivity index (χ4v) is 3.32. The molecule has 4 nitrogen and oxygen atoms in total. The molecule has 1 saturated heterocycles. The summed E-state index contributed by atoms with van der Waals surface area (Å²) >= 11 is 1.77. The van der Waals surface area contributed by atoms with Gasteiger partial charge in [-0.25, -0.2) is 0 Å². The normalized spacial score (nSPS) is 19.1. The van der Waals surface area contributed by atoms with Gasteiger partial charge in [-0.1, -0.05) is 30.3 Å². The summed E-state index contributed by atoms with van der Waals surface area (Å²) in [7, 11) is 2.08. The number of amides is 1. The van der Waals surface area contributed by atoms with Crippen LogP contribution in [0.2, 0.25) is 0 Å². The third kappa shape index (κ3) is 6.26. The van der Waals surface area contributed by atoms with Crippen molar-refractivity contribution in [3.63, 3.8) is 0 Å². The number of benzene rings is 1. The fraction of sp³-hybridized carbons (Fsp3) is 0.533. The van der Waals surface area contributed by atoms with Crippen LogP contribution in [0.25, 0.3) is 0 Å². The molecule has 1 aromatic rings. The highest BCUT2D eigenvalue weighted by Gasteiger charge is 2.23. The lowest BCUT2D eigenvalue weighted by Gasteiger charge is -2.23. The van der Waals surface area contributed by atoms with E-state index in [0.29, 0.717) is 0 Å². The minimum Gasteiger partial charge on any atom is -0.351 e. The van der Waals surface area contributed by atoms with E-state index in [1.54, 1.807) is 11.8 Å². The van der Waals surface area contributed by atoms with E-state index in [1.807, 2.05) is 6.07 Å². The third-order valence-corrected chi connectivity index (χ3v) is 4.24. The summed E-state index contributed by atoms with van der Waals surface area (Å²) in [5.41, 5.74) is 1.29. The summed E-state index contributed by atoms with van der Waals surface area (Å²) in [4.78, 5) is 14.2. The number of hydrogen-bond acceptors (Lipinski definition) is 4. The van der Waals surface area contributed by atoms with Crippen LogP contribution < -0.4 is 10.6 Å². The molecule has 118 valence electrons. The lowest BCUT2D eigenvalue weighted by Crippen LogP contribution is -2.48. The summed E-state index contributed by atoms with van der Waals surface area (Å²) in [6.45, 7) is 3.81. The molecule has 1 aromatic carbocycles. The molecule has 2 rings (SSSR count). The number of nitrogens with zero attached hydrogens (tertiary/aromatic N) is 1. The molecule has 0 saturated carbocycles. The van der Waals surface area contributed by atoms with E-state index in [2.05, 4.69) is 53.8 Å². The number of nitrogens with one attached hydrogen (secondary N) is 2. The van der Waals surface area contributed by atoms with Crippen molar-refractivity contribution in [2.24, 2.45) is 0 Å². The molecule has 1 heterocycles. The number of hydrogen-bond donors (Lipinski definition) is 2. The van der Waals surface area contributed by atoms with Crippen molar-refractivity contribution in [1.82, 2.24) is 15.5 Å². The van der Waals surface area contributed by atoms with Crippen LogP contribution in [0, 0.1) is 0 Å². The van der Waals surface area contributed by atoms with Gasteiger partial charge in [-0.05, 0) is 19.5 Å². The van der Waals surface area contributed by atoms with E-state index in [4.69, 9.17) is 0 Å². The van der Waals surface area contributed by atoms with Gasteiger partial charge in [0.2, 0.25) is 5.91 Å². The Labute approximate surface area is 137 Å². The van der Waals surface area contributed by atoms with Crippen LogP contribution in [0.3, 0.4) is 0 Å². The van der Waals surface area contributed by atoms with Gasteiger partial charge in [0.05, 0.1) is 6.04 Å². The Balaban J connectivity index is 0.00000220. The molecule has 2 atom stereocenters. The maximum absolute atomic E-state index is 12.0. The zero-order chi connectivity index (χ0) is 14.4. The highest BCUT2D eigenvalue weighted by Crippen LogP contribution is 2.09. The molecule has 1 amide bonds. The fourth-order valence-electron chi connectivity index (χ4n) is 2.38. The highest BCUT2D eigenvalue weighted by atomic mass is 35.5. The molecule has 0 aromatic heterocycles. The zero-order valence-electron chi connectivity index (χ0n) is 12.5. The molecule has 2 unspecified atom stereocenters. The second-order valence-electron chi connectivity index (χ2n) is 5.36. The number of halogens is 1. The van der Waals surface area contributed by atoms with Crippen molar-refractivity contribution in [2.75, 3.05) is 25.2 Å². The number of thioether (sulfide) groups is 1. The van der Waals surface area contributed by atoms with Crippen LogP contribution in [-0.4, -0.2) is 48.1 Å². The van der Waals surface area contributed by atoms with Crippen molar-refractivity contribution < 1.29 is 4.79 Å². The first kappa shape index (κ1) is 18.3. The molecular formula is C15H24ClN3OS. The van der Waals surface area contributed by atoms with E-state index in [-0.39, 0.29) is 30.4 Å².